The molecular weight excluding hydrogens is 262 g/mol. The Morgan fingerprint density at radius 1 is 1.35 bits per heavy atom. The van der Waals surface area contributed by atoms with E-state index in [0.29, 0.717) is 18.5 Å². The average molecular weight is 277 g/mol. The summed E-state index contributed by atoms with van der Waals surface area (Å²) in [4.78, 5) is 33.1. The Kier molecular flexibility index (Phi) is 4.19. The first kappa shape index (κ1) is 13.9. The van der Waals surface area contributed by atoms with Crippen molar-refractivity contribution < 1.29 is 19.5 Å². The Morgan fingerprint density at radius 3 is 2.90 bits per heavy atom. The Labute approximate surface area is 115 Å². The summed E-state index contributed by atoms with van der Waals surface area (Å²) in [7, 11) is 0. The van der Waals surface area contributed by atoms with E-state index in [9.17, 15) is 14.4 Å². The number of hydrogen-bond acceptors (Lipinski definition) is 3. The second kappa shape index (κ2) is 6.05. The predicted octanol–water partition coefficient (Wildman–Crippen LogP) is 1.17. The van der Waals surface area contributed by atoms with E-state index in [4.69, 9.17) is 5.11 Å². The normalized spacial score (nSPS) is 12.5. The van der Waals surface area contributed by atoms with Gasteiger partial charge in [0.2, 0.25) is 11.8 Å². The number of benzene rings is 1. The minimum atomic E-state index is -1.10. The van der Waals surface area contributed by atoms with Gasteiger partial charge in [0.1, 0.15) is 0 Å². The van der Waals surface area contributed by atoms with Gasteiger partial charge in [-0.15, -0.1) is 0 Å². The first-order valence-corrected chi connectivity index (χ1v) is 6.24. The summed E-state index contributed by atoms with van der Waals surface area (Å²) < 4.78 is 0. The first-order valence-electron chi connectivity index (χ1n) is 6.24. The highest BCUT2D eigenvalue weighted by atomic mass is 16.4. The topological polar surface area (TPSA) is 108 Å². The second-order valence-electron chi connectivity index (χ2n) is 4.48. The fourth-order valence-electron chi connectivity index (χ4n) is 1.97. The molecule has 1 heterocycles. The quantitative estimate of drug-likeness (QED) is 0.606. The zero-order valence-corrected chi connectivity index (χ0v) is 10.7. The van der Waals surface area contributed by atoms with Crippen LogP contribution in [0.2, 0.25) is 0 Å². The fraction of sp³-hybridized carbons (Fsp3) is 0.308. The van der Waals surface area contributed by atoms with Gasteiger partial charge < -0.3 is 21.1 Å². The molecule has 0 saturated heterocycles. The van der Waals surface area contributed by atoms with Gasteiger partial charge in [0.05, 0.1) is 6.42 Å². The third-order valence-electron chi connectivity index (χ3n) is 2.87. The summed E-state index contributed by atoms with van der Waals surface area (Å²) in [5.74, 6) is -0.238. The summed E-state index contributed by atoms with van der Waals surface area (Å²) in [6.07, 6.45) is -0.111. The molecular formula is C13H15N3O4. The van der Waals surface area contributed by atoms with Gasteiger partial charge in [-0.2, -0.15) is 0 Å². The molecule has 0 spiro atoms. The lowest BCUT2D eigenvalue weighted by molar-refractivity contribution is -0.116. The van der Waals surface area contributed by atoms with Gasteiger partial charge in [0.25, 0.3) is 0 Å². The predicted molar refractivity (Wildman–Crippen MR) is 72.7 cm³/mol. The molecule has 20 heavy (non-hydrogen) atoms. The number of carbonyl (C=O) groups excluding carboxylic acids is 2. The standard InChI is InChI=1S/C13H15N3O4/c17-11(2-1-5-14-13(19)20)15-9-3-4-10-8(6-9)7-12(18)16-10/h3-4,6,14H,1-2,5,7H2,(H,15,17)(H,16,18)(H,19,20). The molecule has 1 aromatic carbocycles. The SMILES string of the molecule is O=C(O)NCCCC(=O)Nc1ccc2c(c1)CC(=O)N2. The lowest BCUT2D eigenvalue weighted by atomic mass is 10.1. The van der Waals surface area contributed by atoms with Gasteiger partial charge in [-0.3, -0.25) is 9.59 Å². The van der Waals surface area contributed by atoms with Crippen molar-refractivity contribution in [2.45, 2.75) is 19.3 Å². The molecule has 0 aliphatic carbocycles. The van der Waals surface area contributed by atoms with Crippen LogP contribution in [0.3, 0.4) is 0 Å². The van der Waals surface area contributed by atoms with Gasteiger partial charge >= 0.3 is 6.09 Å². The Morgan fingerprint density at radius 2 is 2.15 bits per heavy atom. The number of anilines is 2. The molecule has 0 atom stereocenters. The number of fused-ring (bicyclic) bond motifs is 1. The zero-order chi connectivity index (χ0) is 14.5. The van der Waals surface area contributed by atoms with Crippen molar-refractivity contribution in [3.63, 3.8) is 0 Å². The van der Waals surface area contributed by atoms with Crippen LogP contribution >= 0.6 is 0 Å². The van der Waals surface area contributed by atoms with E-state index in [1.165, 1.54) is 0 Å². The molecule has 7 heteroatoms. The van der Waals surface area contributed by atoms with Crippen LogP contribution in [0.1, 0.15) is 18.4 Å². The minimum absolute atomic E-state index is 0.0526. The van der Waals surface area contributed by atoms with Crippen LogP contribution < -0.4 is 16.0 Å². The summed E-state index contributed by atoms with van der Waals surface area (Å²) in [5, 5.41) is 16.0. The van der Waals surface area contributed by atoms with Gasteiger partial charge in [-0.25, -0.2) is 4.79 Å². The Balaban J connectivity index is 1.81. The second-order valence-corrected chi connectivity index (χ2v) is 4.48. The van der Waals surface area contributed by atoms with Crippen LogP contribution in [0.5, 0.6) is 0 Å². The van der Waals surface area contributed by atoms with E-state index >= 15 is 0 Å². The number of nitrogens with one attached hydrogen (secondary N) is 3. The van der Waals surface area contributed by atoms with Crippen molar-refractivity contribution >= 4 is 29.3 Å². The highest BCUT2D eigenvalue weighted by molar-refractivity contribution is 6.00. The maximum atomic E-state index is 11.7. The summed E-state index contributed by atoms with van der Waals surface area (Å²) >= 11 is 0. The van der Waals surface area contributed by atoms with Gasteiger partial charge in [0.15, 0.2) is 0 Å². The molecule has 0 aromatic heterocycles. The molecule has 1 aliphatic heterocycles. The largest absolute Gasteiger partial charge is 0.465 e. The lowest BCUT2D eigenvalue weighted by Gasteiger charge is -2.07. The molecule has 0 bridgehead atoms. The van der Waals surface area contributed by atoms with Crippen molar-refractivity contribution in [1.82, 2.24) is 5.32 Å². The van der Waals surface area contributed by atoms with Crippen LogP contribution in [0.15, 0.2) is 18.2 Å². The van der Waals surface area contributed by atoms with Crippen LogP contribution in [0.4, 0.5) is 16.2 Å². The fourth-order valence-corrected chi connectivity index (χ4v) is 1.97. The lowest BCUT2D eigenvalue weighted by Crippen LogP contribution is -2.23. The van der Waals surface area contributed by atoms with Crippen LogP contribution in [-0.4, -0.2) is 29.6 Å². The molecule has 1 aromatic rings. The maximum Gasteiger partial charge on any atom is 0.404 e. The van der Waals surface area contributed by atoms with E-state index in [1.54, 1.807) is 18.2 Å². The smallest absolute Gasteiger partial charge is 0.404 e. The zero-order valence-electron chi connectivity index (χ0n) is 10.7. The highest BCUT2D eigenvalue weighted by Crippen LogP contribution is 2.25. The van der Waals surface area contributed by atoms with Gasteiger partial charge in [0, 0.05) is 24.3 Å². The average Bonchev–Trinajstić information content (AvgIpc) is 2.74. The number of rotatable bonds is 5. The molecule has 3 amide bonds. The van der Waals surface area contributed by atoms with E-state index in [-0.39, 0.29) is 24.8 Å². The molecule has 0 unspecified atom stereocenters. The minimum Gasteiger partial charge on any atom is -0.465 e. The molecule has 4 N–H and O–H groups in total. The van der Waals surface area contributed by atoms with E-state index in [1.807, 2.05) is 0 Å². The molecule has 7 nitrogen and oxygen atoms in total. The number of carbonyl (C=O) groups is 3. The summed E-state index contributed by atoms with van der Waals surface area (Å²) in [5.41, 5.74) is 2.27. The van der Waals surface area contributed by atoms with Crippen molar-refractivity contribution in [2.24, 2.45) is 0 Å². The molecule has 106 valence electrons. The van der Waals surface area contributed by atoms with E-state index in [0.717, 1.165) is 11.3 Å². The van der Waals surface area contributed by atoms with Crippen molar-refractivity contribution in [2.75, 3.05) is 17.2 Å². The van der Waals surface area contributed by atoms with Gasteiger partial charge in [-0.05, 0) is 30.2 Å². The summed E-state index contributed by atoms with van der Waals surface area (Å²) in [6, 6.07) is 5.24. The Hall–Kier alpha value is -2.57. The van der Waals surface area contributed by atoms with Crippen LogP contribution in [-0.2, 0) is 16.0 Å². The number of hydrogen-bond donors (Lipinski definition) is 4. The maximum absolute atomic E-state index is 11.7. The first-order chi connectivity index (χ1) is 9.54. The highest BCUT2D eigenvalue weighted by Gasteiger charge is 2.17. The number of carboxylic acid groups (broad SMARTS) is 1. The van der Waals surface area contributed by atoms with E-state index in [2.05, 4.69) is 16.0 Å². The third-order valence-corrected chi connectivity index (χ3v) is 2.87. The van der Waals surface area contributed by atoms with Crippen molar-refractivity contribution in [3.05, 3.63) is 23.8 Å². The number of amides is 3. The van der Waals surface area contributed by atoms with Crippen LogP contribution in [0.25, 0.3) is 0 Å². The Bertz CT molecular complexity index is 557. The molecule has 0 saturated carbocycles. The van der Waals surface area contributed by atoms with Crippen molar-refractivity contribution in [1.29, 1.82) is 0 Å². The van der Waals surface area contributed by atoms with Crippen LogP contribution in [0, 0.1) is 0 Å². The summed E-state index contributed by atoms with van der Waals surface area (Å²) in [6.45, 7) is 0.241. The third kappa shape index (κ3) is 3.71. The van der Waals surface area contributed by atoms with E-state index < -0.39 is 6.09 Å². The molecule has 2 rings (SSSR count). The monoisotopic (exact) mass is 277 g/mol. The van der Waals surface area contributed by atoms with Gasteiger partial charge in [-0.1, -0.05) is 0 Å². The molecule has 0 radical (unpaired) electrons. The molecule has 0 fully saturated rings. The van der Waals surface area contributed by atoms with Crippen molar-refractivity contribution in [3.8, 4) is 0 Å². The molecule has 1 aliphatic rings.